The first-order valence-electron chi connectivity index (χ1n) is 8.63. The van der Waals surface area contributed by atoms with Crippen LogP contribution in [0.15, 0.2) is 30.3 Å². The molecule has 3 rings (SSSR count). The van der Waals surface area contributed by atoms with Crippen LogP contribution in [-0.4, -0.2) is 59.5 Å². The van der Waals surface area contributed by atoms with E-state index in [1.54, 1.807) is 0 Å². The summed E-state index contributed by atoms with van der Waals surface area (Å²) < 4.78 is 31.5. The Morgan fingerprint density at radius 3 is 1.58 bits per heavy atom. The Morgan fingerprint density at radius 2 is 1.16 bits per heavy atom. The summed E-state index contributed by atoms with van der Waals surface area (Å²) in [6, 6.07) is 6.69. The number of hydrogen-bond acceptors (Lipinski definition) is 11. The highest BCUT2D eigenvalue weighted by molar-refractivity contribution is 5.91. The van der Waals surface area contributed by atoms with E-state index >= 15 is 0 Å². The van der Waals surface area contributed by atoms with Gasteiger partial charge in [-0.2, -0.15) is 19.9 Å². The van der Waals surface area contributed by atoms with Crippen LogP contribution in [0.25, 0.3) is 0 Å². The zero-order chi connectivity index (χ0) is 22.4. The number of carboxylic acids is 1. The number of carbonyl (C=O) groups is 1. The fourth-order valence-electron chi connectivity index (χ4n) is 2.31. The molecule has 0 aliphatic carbocycles. The number of nitrogens with zero attached hydrogens (tertiary/aromatic N) is 4. The van der Waals surface area contributed by atoms with E-state index in [9.17, 15) is 9.90 Å². The van der Waals surface area contributed by atoms with Crippen molar-refractivity contribution >= 4 is 5.97 Å². The lowest BCUT2D eigenvalue weighted by Gasteiger charge is -2.12. The van der Waals surface area contributed by atoms with Gasteiger partial charge in [-0.25, -0.2) is 4.79 Å². The van der Waals surface area contributed by atoms with Crippen molar-refractivity contribution in [3.05, 3.63) is 35.9 Å². The third-order valence-electron chi connectivity index (χ3n) is 3.75. The number of aromatic carboxylic acids is 1. The molecule has 0 fully saturated rings. The van der Waals surface area contributed by atoms with Crippen molar-refractivity contribution in [2.75, 3.05) is 28.4 Å². The zero-order valence-corrected chi connectivity index (χ0v) is 17.0. The van der Waals surface area contributed by atoms with Crippen LogP contribution in [0.1, 0.15) is 10.4 Å². The maximum absolute atomic E-state index is 11.6. The average Bonchev–Trinajstić information content (AvgIpc) is 2.78. The Hall–Kier alpha value is -4.35. The Kier molecular flexibility index (Phi) is 6.50. The summed E-state index contributed by atoms with van der Waals surface area (Å²) >= 11 is 0. The maximum atomic E-state index is 11.6. The van der Waals surface area contributed by atoms with Gasteiger partial charge in [0.05, 0.1) is 40.6 Å². The molecule has 0 amide bonds. The highest BCUT2D eigenvalue weighted by Crippen LogP contribution is 2.32. The lowest BCUT2D eigenvalue weighted by atomic mass is 10.2. The molecule has 1 aromatic carbocycles. The van der Waals surface area contributed by atoms with Crippen LogP contribution in [0.2, 0.25) is 0 Å². The van der Waals surface area contributed by atoms with Crippen LogP contribution in [0.5, 0.6) is 47.0 Å². The predicted molar refractivity (Wildman–Crippen MR) is 104 cm³/mol. The molecule has 1 N–H and O–H groups in total. The second-order valence-electron chi connectivity index (χ2n) is 5.64. The average molecular weight is 430 g/mol. The van der Waals surface area contributed by atoms with Gasteiger partial charge in [0.2, 0.25) is 23.5 Å². The summed E-state index contributed by atoms with van der Waals surface area (Å²) in [7, 11) is 5.68. The van der Waals surface area contributed by atoms with Crippen LogP contribution >= 0.6 is 0 Å². The van der Waals surface area contributed by atoms with Crippen LogP contribution in [-0.2, 0) is 0 Å². The van der Waals surface area contributed by atoms with Crippen molar-refractivity contribution in [2.24, 2.45) is 0 Å². The van der Waals surface area contributed by atoms with Crippen LogP contribution in [0.3, 0.4) is 0 Å². The number of aromatic nitrogens is 4. The molecule has 0 aliphatic heterocycles. The van der Waals surface area contributed by atoms with Crippen molar-refractivity contribution < 1.29 is 38.3 Å². The largest absolute Gasteiger partial charge is 0.481 e. The number of rotatable bonds is 9. The first-order valence-corrected chi connectivity index (χ1v) is 8.63. The number of carboxylic acid groups (broad SMARTS) is 1. The molecule has 0 aliphatic rings. The summed E-state index contributed by atoms with van der Waals surface area (Å²) in [4.78, 5) is 27.8. The normalized spacial score (nSPS) is 10.2. The minimum atomic E-state index is -1.23. The third-order valence-corrected chi connectivity index (χ3v) is 3.75. The van der Waals surface area contributed by atoms with Gasteiger partial charge in [0.25, 0.3) is 0 Å². The third kappa shape index (κ3) is 5.18. The van der Waals surface area contributed by atoms with Gasteiger partial charge in [-0.15, -0.1) is 0 Å². The highest BCUT2D eigenvalue weighted by Gasteiger charge is 2.17. The van der Waals surface area contributed by atoms with E-state index in [0.29, 0.717) is 0 Å². The van der Waals surface area contributed by atoms with E-state index in [2.05, 4.69) is 19.9 Å². The van der Waals surface area contributed by atoms with E-state index in [1.165, 1.54) is 58.8 Å². The quantitative estimate of drug-likeness (QED) is 0.532. The van der Waals surface area contributed by atoms with E-state index < -0.39 is 5.97 Å². The Labute approximate surface area is 176 Å². The van der Waals surface area contributed by atoms with Gasteiger partial charge in [0, 0.05) is 6.07 Å². The molecule has 2 aromatic heterocycles. The lowest BCUT2D eigenvalue weighted by Crippen LogP contribution is -2.03. The molecule has 0 saturated heterocycles. The minimum Gasteiger partial charge on any atom is -0.481 e. The molecule has 162 valence electrons. The van der Waals surface area contributed by atoms with E-state index in [4.69, 9.17) is 28.4 Å². The van der Waals surface area contributed by atoms with Crippen molar-refractivity contribution in [1.82, 2.24) is 19.9 Å². The molecule has 0 spiro atoms. The van der Waals surface area contributed by atoms with Gasteiger partial charge in [-0.3, -0.25) is 0 Å². The predicted octanol–water partition coefficient (Wildman–Crippen LogP) is 2.58. The van der Waals surface area contributed by atoms with E-state index in [-0.39, 0.29) is 52.6 Å². The molecule has 0 radical (unpaired) electrons. The molecular weight excluding hydrogens is 412 g/mol. The molecule has 12 nitrogen and oxygen atoms in total. The van der Waals surface area contributed by atoms with Gasteiger partial charge in [0.15, 0.2) is 0 Å². The van der Waals surface area contributed by atoms with Crippen LogP contribution in [0.4, 0.5) is 0 Å². The Morgan fingerprint density at radius 1 is 0.710 bits per heavy atom. The SMILES string of the molecule is COc1cc(OC)nc(Oc2ccc(C(=O)O)c(Oc3nc(OC)cc(OC)n3)c2)n1. The number of hydrogen-bond donors (Lipinski definition) is 1. The molecule has 2 heterocycles. The Balaban J connectivity index is 1.96. The minimum absolute atomic E-state index is 0.0791. The highest BCUT2D eigenvalue weighted by atomic mass is 16.5. The van der Waals surface area contributed by atoms with Crippen molar-refractivity contribution in [2.45, 2.75) is 0 Å². The first kappa shape index (κ1) is 21.4. The summed E-state index contributed by atoms with van der Waals surface area (Å²) in [5.41, 5.74) is -0.151. The summed E-state index contributed by atoms with van der Waals surface area (Å²) in [5.74, 6) is -0.350. The fraction of sp³-hybridized carbons (Fsp3) is 0.211. The van der Waals surface area contributed by atoms with Gasteiger partial charge in [-0.05, 0) is 12.1 Å². The summed E-state index contributed by atoms with van der Waals surface area (Å²) in [6.45, 7) is 0. The van der Waals surface area contributed by atoms with Crippen molar-refractivity contribution in [1.29, 1.82) is 0 Å². The Bertz CT molecular complexity index is 1050. The lowest BCUT2D eigenvalue weighted by molar-refractivity contribution is 0.0694. The van der Waals surface area contributed by atoms with Crippen molar-refractivity contribution in [3.8, 4) is 47.0 Å². The molecule has 0 saturated carbocycles. The monoisotopic (exact) mass is 430 g/mol. The summed E-state index contributed by atoms with van der Waals surface area (Å²) in [6.07, 6.45) is 0. The van der Waals surface area contributed by atoms with Crippen molar-refractivity contribution in [3.63, 3.8) is 0 Å². The van der Waals surface area contributed by atoms with E-state index in [1.807, 2.05) is 0 Å². The molecule has 3 aromatic rings. The smallest absolute Gasteiger partial charge is 0.339 e. The van der Waals surface area contributed by atoms with Gasteiger partial charge in [0.1, 0.15) is 17.1 Å². The number of ether oxygens (including phenoxy) is 6. The van der Waals surface area contributed by atoms with Gasteiger partial charge >= 0.3 is 18.0 Å². The van der Waals surface area contributed by atoms with Gasteiger partial charge < -0.3 is 33.5 Å². The molecule has 0 bridgehead atoms. The molecule has 0 atom stereocenters. The van der Waals surface area contributed by atoms with Crippen LogP contribution in [0, 0.1) is 0 Å². The number of benzene rings is 1. The van der Waals surface area contributed by atoms with Crippen LogP contribution < -0.4 is 28.4 Å². The molecular formula is C19H18N4O8. The second kappa shape index (κ2) is 9.43. The molecule has 12 heteroatoms. The topological polar surface area (TPSA) is 144 Å². The maximum Gasteiger partial charge on any atom is 0.339 e. The molecule has 0 unspecified atom stereocenters. The van der Waals surface area contributed by atoms with E-state index in [0.717, 1.165) is 0 Å². The fourth-order valence-corrected chi connectivity index (χ4v) is 2.31. The zero-order valence-electron chi connectivity index (χ0n) is 17.0. The molecule has 31 heavy (non-hydrogen) atoms. The first-order chi connectivity index (χ1) is 14.9. The van der Waals surface area contributed by atoms with Gasteiger partial charge in [-0.1, -0.05) is 0 Å². The standard InChI is InChI=1S/C19H18N4O8/c1-26-13-8-14(27-2)21-18(20-13)30-10-5-6-11(17(24)25)12(7-10)31-19-22-15(28-3)9-16(23-19)29-4/h5-9H,1-4H3,(H,24,25). The number of methoxy groups -OCH3 is 4. The summed E-state index contributed by atoms with van der Waals surface area (Å²) in [5, 5.41) is 9.49. The second-order valence-corrected chi connectivity index (χ2v) is 5.64.